The highest BCUT2D eigenvalue weighted by Crippen LogP contribution is 2.16. The van der Waals surface area contributed by atoms with Crippen LogP contribution in [0.1, 0.15) is 49.7 Å². The lowest BCUT2D eigenvalue weighted by Crippen LogP contribution is -2.34. The van der Waals surface area contributed by atoms with Crippen LogP contribution in [0.2, 0.25) is 0 Å². The first-order valence-electron chi connectivity index (χ1n) is 8.20. The number of para-hydroxylation sites is 1. The minimum atomic E-state index is -0.539. The first-order valence-corrected chi connectivity index (χ1v) is 8.20. The molecule has 1 unspecified atom stereocenters. The Bertz CT molecular complexity index is 719. The van der Waals surface area contributed by atoms with Gasteiger partial charge in [-0.25, -0.2) is 4.79 Å². The van der Waals surface area contributed by atoms with Gasteiger partial charge < -0.3 is 15.4 Å². The molecular formula is C20H24N2O3. The molecule has 2 aromatic carbocycles. The topological polar surface area (TPSA) is 67.4 Å². The highest BCUT2D eigenvalue weighted by molar-refractivity contribution is 6.04. The predicted molar refractivity (Wildman–Crippen MR) is 98.6 cm³/mol. The van der Waals surface area contributed by atoms with Crippen LogP contribution in [0.5, 0.6) is 0 Å². The monoisotopic (exact) mass is 340 g/mol. The molecule has 1 atom stereocenters. The second-order valence-corrected chi connectivity index (χ2v) is 6.81. The SMILES string of the molecule is CC(NC(=O)OC(C)(C)C)c1ccc(C(=O)Nc2ccccc2)cc1. The van der Waals surface area contributed by atoms with Crippen molar-refractivity contribution in [3.05, 3.63) is 65.7 Å². The van der Waals surface area contributed by atoms with Gasteiger partial charge in [-0.05, 0) is 57.5 Å². The summed E-state index contributed by atoms with van der Waals surface area (Å²) in [5.41, 5.74) is 1.65. The van der Waals surface area contributed by atoms with Gasteiger partial charge in [0.15, 0.2) is 0 Å². The van der Waals surface area contributed by atoms with E-state index in [9.17, 15) is 9.59 Å². The fraction of sp³-hybridized carbons (Fsp3) is 0.300. The Morgan fingerprint density at radius 1 is 0.960 bits per heavy atom. The van der Waals surface area contributed by atoms with Crippen molar-refractivity contribution in [1.29, 1.82) is 0 Å². The third-order valence-electron chi connectivity index (χ3n) is 3.44. The van der Waals surface area contributed by atoms with Crippen LogP contribution in [0.3, 0.4) is 0 Å². The van der Waals surface area contributed by atoms with Gasteiger partial charge in [-0.2, -0.15) is 0 Å². The molecule has 2 rings (SSSR count). The van der Waals surface area contributed by atoms with E-state index in [1.165, 1.54) is 0 Å². The van der Waals surface area contributed by atoms with Crippen molar-refractivity contribution in [3.8, 4) is 0 Å². The van der Waals surface area contributed by atoms with Gasteiger partial charge in [0, 0.05) is 11.3 Å². The van der Waals surface area contributed by atoms with Crippen molar-refractivity contribution >= 4 is 17.7 Å². The van der Waals surface area contributed by atoms with Crippen molar-refractivity contribution in [2.24, 2.45) is 0 Å². The van der Waals surface area contributed by atoms with E-state index in [4.69, 9.17) is 4.74 Å². The van der Waals surface area contributed by atoms with Gasteiger partial charge in [0.25, 0.3) is 5.91 Å². The van der Waals surface area contributed by atoms with Crippen LogP contribution in [0, 0.1) is 0 Å². The minimum Gasteiger partial charge on any atom is -0.444 e. The van der Waals surface area contributed by atoms with E-state index in [1.54, 1.807) is 12.1 Å². The molecule has 2 N–H and O–H groups in total. The zero-order valence-electron chi connectivity index (χ0n) is 15.0. The summed E-state index contributed by atoms with van der Waals surface area (Å²) in [5, 5.41) is 5.62. The maximum absolute atomic E-state index is 12.2. The molecule has 0 saturated carbocycles. The van der Waals surface area contributed by atoms with Crippen LogP contribution in [-0.4, -0.2) is 17.6 Å². The molecule has 0 radical (unpaired) electrons. The number of rotatable bonds is 4. The predicted octanol–water partition coefficient (Wildman–Crippen LogP) is 4.52. The van der Waals surface area contributed by atoms with Crippen LogP contribution in [0.25, 0.3) is 0 Å². The smallest absolute Gasteiger partial charge is 0.408 e. The highest BCUT2D eigenvalue weighted by atomic mass is 16.6. The lowest BCUT2D eigenvalue weighted by molar-refractivity contribution is 0.0507. The maximum Gasteiger partial charge on any atom is 0.408 e. The number of carbonyl (C=O) groups excluding carboxylic acids is 2. The first-order chi connectivity index (χ1) is 11.7. The summed E-state index contributed by atoms with van der Waals surface area (Å²) in [7, 11) is 0. The molecule has 5 heteroatoms. The highest BCUT2D eigenvalue weighted by Gasteiger charge is 2.18. The second-order valence-electron chi connectivity index (χ2n) is 6.81. The van der Waals surface area contributed by atoms with E-state index in [-0.39, 0.29) is 11.9 Å². The van der Waals surface area contributed by atoms with Crippen LogP contribution in [0.15, 0.2) is 54.6 Å². The van der Waals surface area contributed by atoms with Gasteiger partial charge >= 0.3 is 6.09 Å². The summed E-state index contributed by atoms with van der Waals surface area (Å²) >= 11 is 0. The number of hydrogen-bond donors (Lipinski definition) is 2. The van der Waals surface area contributed by atoms with Gasteiger partial charge in [-0.3, -0.25) is 4.79 Å². The Hall–Kier alpha value is -2.82. The summed E-state index contributed by atoms with van der Waals surface area (Å²) in [6.45, 7) is 7.31. The normalized spacial score (nSPS) is 12.2. The Morgan fingerprint density at radius 3 is 2.12 bits per heavy atom. The number of nitrogens with one attached hydrogen (secondary N) is 2. The average Bonchev–Trinajstić information content (AvgIpc) is 2.54. The molecule has 0 aliphatic carbocycles. The molecule has 0 saturated heterocycles. The molecule has 0 aliphatic rings. The third-order valence-corrected chi connectivity index (χ3v) is 3.44. The quantitative estimate of drug-likeness (QED) is 0.859. The lowest BCUT2D eigenvalue weighted by atomic mass is 10.1. The van der Waals surface area contributed by atoms with E-state index < -0.39 is 11.7 Å². The largest absolute Gasteiger partial charge is 0.444 e. The van der Waals surface area contributed by atoms with Crippen molar-refractivity contribution < 1.29 is 14.3 Å². The van der Waals surface area contributed by atoms with E-state index >= 15 is 0 Å². The van der Waals surface area contributed by atoms with Gasteiger partial charge in [-0.1, -0.05) is 30.3 Å². The number of alkyl carbamates (subject to hydrolysis) is 1. The molecule has 2 amide bonds. The summed E-state index contributed by atoms with van der Waals surface area (Å²) in [4.78, 5) is 24.1. The summed E-state index contributed by atoms with van der Waals surface area (Å²) in [5.74, 6) is -0.175. The molecular weight excluding hydrogens is 316 g/mol. The van der Waals surface area contributed by atoms with Crippen molar-refractivity contribution in [3.63, 3.8) is 0 Å². The van der Waals surface area contributed by atoms with Gasteiger partial charge in [0.05, 0.1) is 6.04 Å². The lowest BCUT2D eigenvalue weighted by Gasteiger charge is -2.22. The molecule has 0 aliphatic heterocycles. The number of hydrogen-bond acceptors (Lipinski definition) is 3. The summed E-state index contributed by atoms with van der Waals surface area (Å²) in [6.07, 6.45) is -0.467. The summed E-state index contributed by atoms with van der Waals surface area (Å²) in [6, 6.07) is 16.2. The Labute approximate surface area is 148 Å². The molecule has 0 spiro atoms. The Kier molecular flexibility index (Phi) is 5.80. The number of amides is 2. The Morgan fingerprint density at radius 2 is 1.56 bits per heavy atom. The second kappa shape index (κ2) is 7.83. The van der Waals surface area contributed by atoms with E-state index in [1.807, 2.05) is 70.2 Å². The average molecular weight is 340 g/mol. The van der Waals surface area contributed by atoms with Gasteiger partial charge in [0.2, 0.25) is 0 Å². The molecule has 0 bridgehead atoms. The fourth-order valence-electron chi connectivity index (χ4n) is 2.22. The Balaban J connectivity index is 1.97. The number of anilines is 1. The van der Waals surface area contributed by atoms with Crippen LogP contribution < -0.4 is 10.6 Å². The molecule has 132 valence electrons. The third kappa shape index (κ3) is 5.95. The molecule has 25 heavy (non-hydrogen) atoms. The fourth-order valence-corrected chi connectivity index (χ4v) is 2.22. The number of carbonyl (C=O) groups is 2. The molecule has 0 aromatic heterocycles. The van der Waals surface area contributed by atoms with Crippen molar-refractivity contribution in [2.45, 2.75) is 39.3 Å². The van der Waals surface area contributed by atoms with Crippen LogP contribution in [-0.2, 0) is 4.74 Å². The van der Waals surface area contributed by atoms with E-state index in [0.29, 0.717) is 5.56 Å². The van der Waals surface area contributed by atoms with Gasteiger partial charge in [0.1, 0.15) is 5.60 Å². The first kappa shape index (κ1) is 18.5. The zero-order chi connectivity index (χ0) is 18.4. The minimum absolute atomic E-state index is 0.175. The molecule has 0 heterocycles. The number of ether oxygens (including phenoxy) is 1. The number of benzene rings is 2. The van der Waals surface area contributed by atoms with Crippen molar-refractivity contribution in [2.75, 3.05) is 5.32 Å². The molecule has 0 fully saturated rings. The van der Waals surface area contributed by atoms with Crippen LogP contribution >= 0.6 is 0 Å². The van der Waals surface area contributed by atoms with Crippen molar-refractivity contribution in [1.82, 2.24) is 5.32 Å². The van der Waals surface area contributed by atoms with E-state index in [2.05, 4.69) is 10.6 Å². The standard InChI is InChI=1S/C20H24N2O3/c1-14(21-19(24)25-20(2,3)4)15-10-12-16(13-11-15)18(23)22-17-8-6-5-7-9-17/h5-14H,1-4H3,(H,21,24)(H,22,23). The van der Waals surface area contributed by atoms with Crippen LogP contribution in [0.4, 0.5) is 10.5 Å². The zero-order valence-corrected chi connectivity index (χ0v) is 15.0. The molecule has 2 aromatic rings. The van der Waals surface area contributed by atoms with Gasteiger partial charge in [-0.15, -0.1) is 0 Å². The van der Waals surface area contributed by atoms with E-state index in [0.717, 1.165) is 11.3 Å². The maximum atomic E-state index is 12.2. The summed E-state index contributed by atoms with van der Waals surface area (Å²) < 4.78 is 5.24. The molecule has 5 nitrogen and oxygen atoms in total.